The molecule has 7 heteroatoms. The van der Waals surface area contributed by atoms with E-state index >= 15 is 0 Å². The highest BCUT2D eigenvalue weighted by Gasteiger charge is 2.37. The molecular formula is C26H17N3O3S. The van der Waals surface area contributed by atoms with Crippen LogP contribution >= 0.6 is 11.9 Å². The van der Waals surface area contributed by atoms with Gasteiger partial charge in [-0.1, -0.05) is 54.6 Å². The minimum Gasteiger partial charge on any atom is -0.422 e. The Morgan fingerprint density at radius 1 is 0.970 bits per heavy atom. The van der Waals surface area contributed by atoms with Gasteiger partial charge in [-0.15, -0.1) is 0 Å². The SMILES string of the molecule is O=c1nc2n(c3c1C(c1ccc4ccccc4c1)c1c(c4ccccc4oc1=O)N3)SCC2. The number of fused-ring (bicyclic) bond motifs is 7. The van der Waals surface area contributed by atoms with Gasteiger partial charge in [-0.25, -0.2) is 4.79 Å². The highest BCUT2D eigenvalue weighted by Crippen LogP contribution is 2.46. The molecule has 0 spiro atoms. The summed E-state index contributed by atoms with van der Waals surface area (Å²) in [5, 5.41) is 6.40. The molecule has 3 aromatic carbocycles. The maximum Gasteiger partial charge on any atom is 0.342 e. The summed E-state index contributed by atoms with van der Waals surface area (Å²) in [7, 11) is 0. The minimum atomic E-state index is -0.583. The van der Waals surface area contributed by atoms with Crippen molar-refractivity contribution in [2.75, 3.05) is 11.1 Å². The van der Waals surface area contributed by atoms with E-state index in [2.05, 4.69) is 16.4 Å². The summed E-state index contributed by atoms with van der Waals surface area (Å²) in [6.45, 7) is 0. The zero-order chi connectivity index (χ0) is 22.1. The van der Waals surface area contributed by atoms with Crippen molar-refractivity contribution in [3.05, 3.63) is 110 Å². The van der Waals surface area contributed by atoms with Crippen LogP contribution in [0.3, 0.4) is 0 Å². The van der Waals surface area contributed by atoms with Crippen LogP contribution in [0.25, 0.3) is 21.7 Å². The lowest BCUT2D eigenvalue weighted by molar-refractivity contribution is 0.548. The monoisotopic (exact) mass is 451 g/mol. The molecule has 7 rings (SSSR count). The Morgan fingerprint density at radius 3 is 2.70 bits per heavy atom. The van der Waals surface area contributed by atoms with Crippen molar-refractivity contribution in [3.8, 4) is 0 Å². The number of nitrogens with zero attached hydrogens (tertiary/aromatic N) is 2. The maximum absolute atomic E-state index is 13.3. The van der Waals surface area contributed by atoms with Crippen LogP contribution in [-0.4, -0.2) is 14.7 Å². The summed E-state index contributed by atoms with van der Waals surface area (Å²) in [5.74, 6) is 1.73. The molecule has 0 aliphatic carbocycles. The zero-order valence-corrected chi connectivity index (χ0v) is 18.2. The van der Waals surface area contributed by atoms with Crippen molar-refractivity contribution in [1.82, 2.24) is 8.96 Å². The summed E-state index contributed by atoms with van der Waals surface area (Å²) < 4.78 is 7.73. The van der Waals surface area contributed by atoms with E-state index in [0.717, 1.165) is 39.7 Å². The molecule has 1 N–H and O–H groups in total. The number of hydrogen-bond donors (Lipinski definition) is 1. The number of benzene rings is 3. The molecule has 1 unspecified atom stereocenters. The number of para-hydroxylation sites is 1. The van der Waals surface area contributed by atoms with Crippen LogP contribution in [0.5, 0.6) is 0 Å². The molecule has 0 bridgehead atoms. The first-order chi connectivity index (χ1) is 16.2. The van der Waals surface area contributed by atoms with Crippen LogP contribution in [0.15, 0.2) is 80.7 Å². The number of rotatable bonds is 1. The molecule has 6 nitrogen and oxygen atoms in total. The Hall–Kier alpha value is -3.84. The molecular weight excluding hydrogens is 434 g/mol. The molecule has 1 atom stereocenters. The molecule has 0 saturated carbocycles. The molecule has 4 heterocycles. The fourth-order valence-corrected chi connectivity index (χ4v) is 6.02. The van der Waals surface area contributed by atoms with E-state index in [-0.39, 0.29) is 5.56 Å². The van der Waals surface area contributed by atoms with Crippen LogP contribution in [0.4, 0.5) is 11.5 Å². The van der Waals surface area contributed by atoms with Crippen LogP contribution in [-0.2, 0) is 6.42 Å². The van der Waals surface area contributed by atoms with Gasteiger partial charge in [0.05, 0.1) is 22.7 Å². The fraction of sp³-hybridized carbons (Fsp3) is 0.115. The van der Waals surface area contributed by atoms with Gasteiger partial charge in [0.2, 0.25) is 0 Å². The molecule has 5 aromatic rings. The number of aryl methyl sites for hydroxylation is 1. The summed E-state index contributed by atoms with van der Waals surface area (Å²) in [4.78, 5) is 31.1. The lowest BCUT2D eigenvalue weighted by atomic mass is 9.82. The minimum absolute atomic E-state index is 0.303. The Kier molecular flexibility index (Phi) is 3.87. The van der Waals surface area contributed by atoms with E-state index in [4.69, 9.17) is 4.42 Å². The second-order valence-electron chi connectivity index (χ2n) is 8.31. The first-order valence-electron chi connectivity index (χ1n) is 10.8. The Morgan fingerprint density at radius 2 is 1.79 bits per heavy atom. The third kappa shape index (κ3) is 2.66. The molecule has 33 heavy (non-hydrogen) atoms. The van der Waals surface area contributed by atoms with E-state index in [0.29, 0.717) is 28.2 Å². The second kappa shape index (κ2) is 6.83. The van der Waals surface area contributed by atoms with E-state index in [9.17, 15) is 9.59 Å². The summed E-state index contributed by atoms with van der Waals surface area (Å²) in [6.07, 6.45) is 0.736. The smallest absolute Gasteiger partial charge is 0.342 e. The highest BCUT2D eigenvalue weighted by molar-refractivity contribution is 7.98. The van der Waals surface area contributed by atoms with E-state index in [1.165, 1.54) is 0 Å². The Bertz CT molecular complexity index is 1740. The van der Waals surface area contributed by atoms with Crippen LogP contribution in [0.2, 0.25) is 0 Å². The summed E-state index contributed by atoms with van der Waals surface area (Å²) in [6, 6.07) is 21.6. The molecule has 0 radical (unpaired) electrons. The van der Waals surface area contributed by atoms with Gasteiger partial charge >= 0.3 is 5.63 Å². The first-order valence-corrected chi connectivity index (χ1v) is 11.7. The fourth-order valence-electron chi connectivity index (χ4n) is 5.01. The van der Waals surface area contributed by atoms with Crippen molar-refractivity contribution in [1.29, 1.82) is 0 Å². The number of anilines is 2. The molecule has 0 saturated heterocycles. The van der Waals surface area contributed by atoms with Crippen LogP contribution < -0.4 is 16.5 Å². The average Bonchev–Trinajstić information content (AvgIpc) is 3.31. The third-order valence-corrected chi connectivity index (χ3v) is 7.51. The zero-order valence-electron chi connectivity index (χ0n) is 17.4. The van der Waals surface area contributed by atoms with Gasteiger partial charge in [0, 0.05) is 17.6 Å². The predicted molar refractivity (Wildman–Crippen MR) is 131 cm³/mol. The number of nitrogens with one attached hydrogen (secondary N) is 1. The maximum atomic E-state index is 13.3. The second-order valence-corrected chi connectivity index (χ2v) is 9.34. The topological polar surface area (TPSA) is 77.1 Å². The standard InChI is InChI=1S/C26H17N3O3S/c30-25-22-20(16-10-9-14-5-1-2-6-15(14)13-16)21-23(17-7-3-4-8-18(17)32-26(21)31)28-24(22)29-19(27-25)11-12-33-29/h1-10,13,20,28H,11-12H2. The Labute approximate surface area is 192 Å². The number of hydrogen-bond acceptors (Lipinski definition) is 6. The highest BCUT2D eigenvalue weighted by atomic mass is 32.2. The van der Waals surface area contributed by atoms with Gasteiger partial charge in [-0.3, -0.25) is 8.77 Å². The lowest BCUT2D eigenvalue weighted by Crippen LogP contribution is -2.31. The predicted octanol–water partition coefficient (Wildman–Crippen LogP) is 4.79. The van der Waals surface area contributed by atoms with Gasteiger partial charge in [0.15, 0.2) is 0 Å². The van der Waals surface area contributed by atoms with Gasteiger partial charge in [0.1, 0.15) is 17.2 Å². The molecule has 2 aromatic heterocycles. The normalized spacial score (nSPS) is 16.3. The van der Waals surface area contributed by atoms with Gasteiger partial charge in [0.25, 0.3) is 5.56 Å². The first kappa shape index (κ1) is 18.7. The lowest BCUT2D eigenvalue weighted by Gasteiger charge is -2.30. The van der Waals surface area contributed by atoms with Gasteiger partial charge in [-0.2, -0.15) is 4.98 Å². The van der Waals surface area contributed by atoms with Gasteiger partial charge in [-0.05, 0) is 40.4 Å². The van der Waals surface area contributed by atoms with E-state index in [1.807, 2.05) is 58.6 Å². The average molecular weight is 452 g/mol. The molecule has 0 fully saturated rings. The quantitative estimate of drug-likeness (QED) is 0.362. The molecule has 0 amide bonds. The van der Waals surface area contributed by atoms with Crippen molar-refractivity contribution in [2.45, 2.75) is 12.3 Å². The largest absolute Gasteiger partial charge is 0.422 e. The van der Waals surface area contributed by atoms with E-state index in [1.54, 1.807) is 18.0 Å². The Balaban J connectivity index is 1.61. The van der Waals surface area contributed by atoms with Crippen molar-refractivity contribution in [2.24, 2.45) is 0 Å². The summed E-state index contributed by atoms with van der Waals surface area (Å²) >= 11 is 1.63. The van der Waals surface area contributed by atoms with E-state index < -0.39 is 11.5 Å². The molecule has 160 valence electrons. The van der Waals surface area contributed by atoms with Crippen LogP contribution in [0, 0.1) is 0 Å². The number of aromatic nitrogens is 2. The molecule has 2 aliphatic rings. The van der Waals surface area contributed by atoms with Gasteiger partial charge < -0.3 is 9.73 Å². The molecule has 2 aliphatic heterocycles. The third-order valence-electron chi connectivity index (χ3n) is 6.48. The van der Waals surface area contributed by atoms with Crippen molar-refractivity contribution in [3.63, 3.8) is 0 Å². The summed E-state index contributed by atoms with van der Waals surface area (Å²) in [5.41, 5.74) is 2.25. The van der Waals surface area contributed by atoms with Crippen LogP contribution in [0.1, 0.15) is 28.4 Å². The van der Waals surface area contributed by atoms with Crippen molar-refractivity contribution >= 4 is 45.2 Å². The van der Waals surface area contributed by atoms with Crippen molar-refractivity contribution < 1.29 is 4.42 Å².